The first-order chi connectivity index (χ1) is 9.97. The molecule has 0 saturated carbocycles. The number of hydrogen-bond acceptors (Lipinski definition) is 2. The average Bonchev–Trinajstić information content (AvgIpc) is 2.80. The van der Waals surface area contributed by atoms with E-state index in [2.05, 4.69) is 54.9 Å². The number of anilines is 1. The minimum atomic E-state index is 0.826. The van der Waals surface area contributed by atoms with E-state index >= 15 is 0 Å². The van der Waals surface area contributed by atoms with Gasteiger partial charge in [0.05, 0.1) is 10.5 Å². The molecule has 3 nitrogen and oxygen atoms in total. The number of nitrogens with zero attached hydrogens (tertiary/aromatic N) is 2. The Hall–Kier alpha value is -1.45. The van der Waals surface area contributed by atoms with Crippen LogP contribution in [0.2, 0.25) is 5.02 Å². The second-order valence-corrected chi connectivity index (χ2v) is 6.62. The number of likely N-dealkylation sites (N-methyl/N-ethyl adjacent to an activating group) is 1. The topological polar surface area (TPSA) is 22.3 Å². The summed E-state index contributed by atoms with van der Waals surface area (Å²) in [4.78, 5) is 8.23. The monoisotopic (exact) mass is 303 g/mol. The van der Waals surface area contributed by atoms with Crippen LogP contribution in [0, 0.1) is 6.92 Å². The molecule has 0 radical (unpaired) electrons. The molecule has 3 rings (SSSR count). The highest BCUT2D eigenvalue weighted by Crippen LogP contribution is 2.39. The van der Waals surface area contributed by atoms with Gasteiger partial charge in [0.25, 0.3) is 0 Å². The fourth-order valence-electron chi connectivity index (χ4n) is 2.98. The number of hydrogen-bond donors (Lipinski definition) is 1. The van der Waals surface area contributed by atoms with Gasteiger partial charge in [-0.3, -0.25) is 0 Å². The van der Waals surface area contributed by atoms with E-state index in [9.17, 15) is 0 Å². The normalized spacial score (nSPS) is 14.8. The zero-order valence-electron chi connectivity index (χ0n) is 13.1. The van der Waals surface area contributed by atoms with Crippen LogP contribution < -0.4 is 4.90 Å². The molecule has 1 N–H and O–H groups in total. The predicted molar refractivity (Wildman–Crippen MR) is 92.5 cm³/mol. The molecule has 2 heterocycles. The Bertz CT molecular complexity index is 712. The maximum Gasteiger partial charge on any atom is 0.114 e. The maximum atomic E-state index is 6.45. The standard InChI is InChI=1S/C17H22ClN3/c1-11-9-13-15-14(18)6-5-12(2)16(15)19-17(13)21(10-11)8-7-20(3)4/h5-6,9,19H,7-8,10H2,1-4H3. The molecule has 1 aromatic carbocycles. The van der Waals surface area contributed by atoms with Gasteiger partial charge in [-0.15, -0.1) is 0 Å². The third-order valence-corrected chi connectivity index (χ3v) is 4.41. The maximum absolute atomic E-state index is 6.45. The number of aromatic amines is 1. The van der Waals surface area contributed by atoms with Crippen LogP contribution in [0.25, 0.3) is 17.0 Å². The van der Waals surface area contributed by atoms with E-state index in [4.69, 9.17) is 11.6 Å². The highest BCUT2D eigenvalue weighted by atomic mass is 35.5. The molecule has 0 spiro atoms. The van der Waals surface area contributed by atoms with Gasteiger partial charge in [0.1, 0.15) is 5.82 Å². The fraction of sp³-hybridized carbons (Fsp3) is 0.412. The molecule has 1 aromatic heterocycles. The van der Waals surface area contributed by atoms with Gasteiger partial charge >= 0.3 is 0 Å². The van der Waals surface area contributed by atoms with Gasteiger partial charge in [0, 0.05) is 30.6 Å². The number of benzene rings is 1. The first-order valence-electron chi connectivity index (χ1n) is 7.35. The summed E-state index contributed by atoms with van der Waals surface area (Å²) in [5, 5.41) is 1.98. The van der Waals surface area contributed by atoms with Crippen molar-refractivity contribution in [2.75, 3.05) is 38.6 Å². The van der Waals surface area contributed by atoms with E-state index in [0.29, 0.717) is 0 Å². The quantitative estimate of drug-likeness (QED) is 0.928. The molecule has 1 aliphatic heterocycles. The van der Waals surface area contributed by atoms with Crippen LogP contribution in [-0.4, -0.2) is 43.6 Å². The van der Waals surface area contributed by atoms with Crippen molar-refractivity contribution in [1.82, 2.24) is 9.88 Å². The van der Waals surface area contributed by atoms with E-state index < -0.39 is 0 Å². The number of aromatic nitrogens is 1. The lowest BCUT2D eigenvalue weighted by molar-refractivity contribution is 0.414. The molecule has 0 aliphatic carbocycles. The Morgan fingerprint density at radius 1 is 1.29 bits per heavy atom. The number of H-pyrrole nitrogens is 1. The van der Waals surface area contributed by atoms with Crippen molar-refractivity contribution in [3.05, 3.63) is 33.9 Å². The van der Waals surface area contributed by atoms with Gasteiger partial charge in [0.2, 0.25) is 0 Å². The van der Waals surface area contributed by atoms with Gasteiger partial charge in [-0.2, -0.15) is 0 Å². The van der Waals surface area contributed by atoms with Crippen molar-refractivity contribution in [1.29, 1.82) is 0 Å². The van der Waals surface area contributed by atoms with E-state index in [0.717, 1.165) is 35.6 Å². The molecule has 112 valence electrons. The van der Waals surface area contributed by atoms with Gasteiger partial charge in [0.15, 0.2) is 0 Å². The third-order valence-electron chi connectivity index (χ3n) is 4.10. The molecule has 21 heavy (non-hydrogen) atoms. The molecular weight excluding hydrogens is 282 g/mol. The van der Waals surface area contributed by atoms with Crippen LogP contribution in [0.1, 0.15) is 18.1 Å². The Balaban J connectivity index is 2.13. The van der Waals surface area contributed by atoms with Gasteiger partial charge in [-0.05, 0) is 45.6 Å². The predicted octanol–water partition coefficient (Wildman–Crippen LogP) is 3.91. The summed E-state index contributed by atoms with van der Waals surface area (Å²) in [6.07, 6.45) is 2.27. The SMILES string of the molecule is CC1=Cc2c([nH]c3c(C)ccc(Cl)c23)N(CCN(C)C)C1. The van der Waals surface area contributed by atoms with Gasteiger partial charge < -0.3 is 14.8 Å². The summed E-state index contributed by atoms with van der Waals surface area (Å²) in [5.74, 6) is 1.20. The summed E-state index contributed by atoms with van der Waals surface area (Å²) in [6.45, 7) is 7.34. The number of aryl methyl sites for hydroxylation is 1. The lowest BCUT2D eigenvalue weighted by Gasteiger charge is -2.29. The zero-order chi connectivity index (χ0) is 15.1. The lowest BCUT2D eigenvalue weighted by atomic mass is 10.0. The molecule has 0 unspecified atom stereocenters. The van der Waals surface area contributed by atoms with Crippen LogP contribution in [0.3, 0.4) is 0 Å². The summed E-state index contributed by atoms with van der Waals surface area (Å²) in [6, 6.07) is 4.07. The van der Waals surface area contributed by atoms with Crippen LogP contribution in [0.4, 0.5) is 5.82 Å². The smallest absolute Gasteiger partial charge is 0.114 e. The van der Waals surface area contributed by atoms with Crippen LogP contribution in [0.15, 0.2) is 17.7 Å². The van der Waals surface area contributed by atoms with Crippen molar-refractivity contribution in [3.8, 4) is 0 Å². The fourth-order valence-corrected chi connectivity index (χ4v) is 3.24. The Morgan fingerprint density at radius 2 is 2.05 bits per heavy atom. The number of rotatable bonds is 3. The van der Waals surface area contributed by atoms with Crippen LogP contribution in [-0.2, 0) is 0 Å². The van der Waals surface area contributed by atoms with Gasteiger partial charge in [-0.25, -0.2) is 0 Å². The highest BCUT2D eigenvalue weighted by Gasteiger charge is 2.22. The van der Waals surface area contributed by atoms with Crippen molar-refractivity contribution in [2.24, 2.45) is 0 Å². The highest BCUT2D eigenvalue weighted by molar-refractivity contribution is 6.36. The summed E-state index contributed by atoms with van der Waals surface area (Å²) in [5.41, 5.74) is 5.01. The minimum absolute atomic E-state index is 0.826. The number of nitrogens with one attached hydrogen (secondary N) is 1. The Morgan fingerprint density at radius 3 is 2.76 bits per heavy atom. The molecule has 0 bridgehead atoms. The second-order valence-electron chi connectivity index (χ2n) is 6.22. The van der Waals surface area contributed by atoms with E-state index in [1.54, 1.807) is 0 Å². The molecule has 0 saturated heterocycles. The second kappa shape index (κ2) is 5.39. The van der Waals surface area contributed by atoms with Crippen LogP contribution >= 0.6 is 11.6 Å². The Labute approximate surface area is 131 Å². The van der Waals surface area contributed by atoms with Gasteiger partial charge in [-0.1, -0.05) is 23.2 Å². The van der Waals surface area contributed by atoms with E-state index in [1.165, 1.54) is 22.5 Å². The summed E-state index contributed by atoms with van der Waals surface area (Å²) in [7, 11) is 4.22. The zero-order valence-corrected chi connectivity index (χ0v) is 13.9. The number of halogens is 1. The summed E-state index contributed by atoms with van der Waals surface area (Å²) < 4.78 is 0. The molecule has 4 heteroatoms. The lowest BCUT2D eigenvalue weighted by Crippen LogP contribution is -2.34. The van der Waals surface area contributed by atoms with E-state index in [1.807, 2.05) is 6.07 Å². The molecule has 0 fully saturated rings. The Kier molecular flexibility index (Phi) is 3.72. The van der Waals surface area contributed by atoms with Crippen molar-refractivity contribution in [2.45, 2.75) is 13.8 Å². The minimum Gasteiger partial charge on any atom is -0.352 e. The first kappa shape index (κ1) is 14.5. The average molecular weight is 304 g/mol. The molecule has 2 aromatic rings. The van der Waals surface area contributed by atoms with Crippen LogP contribution in [0.5, 0.6) is 0 Å². The van der Waals surface area contributed by atoms with Crippen molar-refractivity contribution < 1.29 is 0 Å². The largest absolute Gasteiger partial charge is 0.352 e. The summed E-state index contributed by atoms with van der Waals surface area (Å²) >= 11 is 6.45. The number of fused-ring (bicyclic) bond motifs is 3. The third kappa shape index (κ3) is 2.56. The molecule has 1 aliphatic rings. The molecular formula is C17H22ClN3. The van der Waals surface area contributed by atoms with E-state index in [-0.39, 0.29) is 0 Å². The molecule has 0 amide bonds. The van der Waals surface area contributed by atoms with Crippen molar-refractivity contribution in [3.63, 3.8) is 0 Å². The van der Waals surface area contributed by atoms with Crippen molar-refractivity contribution >= 4 is 34.4 Å². The first-order valence-corrected chi connectivity index (χ1v) is 7.73. The molecule has 0 atom stereocenters.